The second-order valence-corrected chi connectivity index (χ2v) is 6.97. The fraction of sp³-hybridized carbons (Fsp3) is 0.524. The first kappa shape index (κ1) is 21.0. The summed E-state index contributed by atoms with van der Waals surface area (Å²) in [4.78, 5) is 25.7. The standard InChI is InChI=1S/C21H31N3O3/c1-3-27-20(25)10-7-18-5-8-19(9-6-18)23-21(26)22-13-4-14-24-15-11-17(2)12-16-24/h5-10,17H,3-4,11-16H2,1-2H3,(H2,22,23,26)/b10-7+. The Hall–Kier alpha value is -2.34. The fourth-order valence-corrected chi connectivity index (χ4v) is 3.00. The molecule has 1 aromatic rings. The molecule has 0 aliphatic carbocycles. The predicted octanol–water partition coefficient (Wildman–Crippen LogP) is 3.51. The molecule has 6 nitrogen and oxygen atoms in total. The van der Waals surface area contributed by atoms with Crippen LogP contribution < -0.4 is 10.6 Å². The quantitative estimate of drug-likeness (QED) is 0.416. The molecular weight excluding hydrogens is 342 g/mol. The highest BCUT2D eigenvalue weighted by Crippen LogP contribution is 2.15. The number of piperidine rings is 1. The lowest BCUT2D eigenvalue weighted by molar-refractivity contribution is -0.137. The molecule has 0 unspecified atom stereocenters. The Morgan fingerprint density at radius 3 is 2.59 bits per heavy atom. The van der Waals surface area contributed by atoms with Gasteiger partial charge in [0.1, 0.15) is 0 Å². The molecule has 6 heteroatoms. The zero-order valence-corrected chi connectivity index (χ0v) is 16.4. The van der Waals surface area contributed by atoms with E-state index in [9.17, 15) is 9.59 Å². The van der Waals surface area contributed by atoms with E-state index in [0.717, 1.165) is 24.4 Å². The van der Waals surface area contributed by atoms with Gasteiger partial charge in [-0.1, -0.05) is 19.1 Å². The number of ether oxygens (including phenoxy) is 1. The molecule has 0 radical (unpaired) electrons. The van der Waals surface area contributed by atoms with Crippen LogP contribution in [0.25, 0.3) is 6.08 Å². The van der Waals surface area contributed by atoms with Crippen molar-refractivity contribution in [1.82, 2.24) is 10.2 Å². The molecule has 2 amide bonds. The van der Waals surface area contributed by atoms with Crippen LogP contribution in [0.1, 0.15) is 38.7 Å². The molecule has 0 bridgehead atoms. The molecule has 1 fully saturated rings. The van der Waals surface area contributed by atoms with Crippen LogP contribution in [0, 0.1) is 5.92 Å². The Kier molecular flexibility index (Phi) is 8.84. The molecule has 0 spiro atoms. The molecule has 1 heterocycles. The number of hydrogen-bond acceptors (Lipinski definition) is 4. The highest BCUT2D eigenvalue weighted by Gasteiger charge is 2.14. The van der Waals surface area contributed by atoms with Crippen molar-refractivity contribution in [3.63, 3.8) is 0 Å². The van der Waals surface area contributed by atoms with Crippen molar-refractivity contribution < 1.29 is 14.3 Å². The van der Waals surface area contributed by atoms with Gasteiger partial charge in [-0.15, -0.1) is 0 Å². The number of urea groups is 1. The van der Waals surface area contributed by atoms with E-state index < -0.39 is 0 Å². The summed E-state index contributed by atoms with van der Waals surface area (Å²) in [7, 11) is 0. The number of hydrogen-bond donors (Lipinski definition) is 2. The molecule has 1 aliphatic heterocycles. The molecule has 2 N–H and O–H groups in total. The Bertz CT molecular complexity index is 620. The summed E-state index contributed by atoms with van der Waals surface area (Å²) in [5, 5.41) is 5.72. The van der Waals surface area contributed by atoms with Crippen LogP contribution in [0.15, 0.2) is 30.3 Å². The van der Waals surface area contributed by atoms with Gasteiger partial charge in [0, 0.05) is 18.3 Å². The normalized spacial score (nSPS) is 15.6. The lowest BCUT2D eigenvalue weighted by Gasteiger charge is -2.30. The van der Waals surface area contributed by atoms with Crippen LogP contribution in [0.5, 0.6) is 0 Å². The first-order chi connectivity index (χ1) is 13.1. The maximum Gasteiger partial charge on any atom is 0.330 e. The number of nitrogens with zero attached hydrogens (tertiary/aromatic N) is 1. The number of benzene rings is 1. The minimum Gasteiger partial charge on any atom is -0.463 e. The maximum absolute atomic E-state index is 12.0. The monoisotopic (exact) mass is 373 g/mol. The van der Waals surface area contributed by atoms with Gasteiger partial charge in [-0.3, -0.25) is 0 Å². The summed E-state index contributed by atoms with van der Waals surface area (Å²) in [5.74, 6) is 0.482. The maximum atomic E-state index is 12.0. The number of likely N-dealkylation sites (tertiary alicyclic amines) is 1. The van der Waals surface area contributed by atoms with E-state index in [1.807, 2.05) is 12.1 Å². The molecule has 0 atom stereocenters. The van der Waals surface area contributed by atoms with Crippen LogP contribution in [0.3, 0.4) is 0 Å². The zero-order valence-electron chi connectivity index (χ0n) is 16.4. The molecule has 0 aromatic heterocycles. The highest BCUT2D eigenvalue weighted by molar-refractivity contribution is 5.90. The second kappa shape index (κ2) is 11.4. The van der Waals surface area contributed by atoms with E-state index in [0.29, 0.717) is 18.8 Å². The summed E-state index contributed by atoms with van der Waals surface area (Å²) in [5.41, 5.74) is 1.58. The van der Waals surface area contributed by atoms with Gasteiger partial charge in [0.05, 0.1) is 6.61 Å². The van der Waals surface area contributed by atoms with E-state index >= 15 is 0 Å². The van der Waals surface area contributed by atoms with E-state index in [2.05, 4.69) is 22.5 Å². The lowest BCUT2D eigenvalue weighted by atomic mass is 9.99. The predicted molar refractivity (Wildman–Crippen MR) is 109 cm³/mol. The Labute approximate surface area is 162 Å². The van der Waals surface area contributed by atoms with Crippen molar-refractivity contribution in [2.24, 2.45) is 5.92 Å². The third kappa shape index (κ3) is 8.26. The van der Waals surface area contributed by atoms with Gasteiger partial charge >= 0.3 is 12.0 Å². The average molecular weight is 373 g/mol. The highest BCUT2D eigenvalue weighted by atomic mass is 16.5. The van der Waals surface area contributed by atoms with Gasteiger partial charge in [0.15, 0.2) is 0 Å². The van der Waals surface area contributed by atoms with Gasteiger partial charge in [0.25, 0.3) is 0 Å². The van der Waals surface area contributed by atoms with Crippen LogP contribution in [0.4, 0.5) is 10.5 Å². The van der Waals surface area contributed by atoms with Crippen LogP contribution in [0.2, 0.25) is 0 Å². The molecule has 0 saturated carbocycles. The average Bonchev–Trinajstić information content (AvgIpc) is 2.66. The number of carbonyl (C=O) groups excluding carboxylic acids is 2. The summed E-state index contributed by atoms with van der Waals surface area (Å²) >= 11 is 0. The van der Waals surface area contributed by atoms with Gasteiger partial charge in [0.2, 0.25) is 0 Å². The minimum absolute atomic E-state index is 0.197. The summed E-state index contributed by atoms with van der Waals surface area (Å²) in [6.45, 7) is 8.48. The van der Waals surface area contributed by atoms with Gasteiger partial charge in [-0.05, 0) is 75.5 Å². The van der Waals surface area contributed by atoms with Crippen LogP contribution in [-0.2, 0) is 9.53 Å². The molecule has 2 rings (SSSR count). The fourth-order valence-electron chi connectivity index (χ4n) is 3.00. The first-order valence-corrected chi connectivity index (χ1v) is 9.79. The Morgan fingerprint density at radius 2 is 1.93 bits per heavy atom. The van der Waals surface area contributed by atoms with Crippen LogP contribution >= 0.6 is 0 Å². The first-order valence-electron chi connectivity index (χ1n) is 9.79. The van der Waals surface area contributed by atoms with Crippen molar-refractivity contribution >= 4 is 23.8 Å². The van der Waals surface area contributed by atoms with E-state index in [1.54, 1.807) is 25.1 Å². The van der Waals surface area contributed by atoms with Gasteiger partial charge in [-0.25, -0.2) is 9.59 Å². The topological polar surface area (TPSA) is 70.7 Å². The number of rotatable bonds is 8. The SMILES string of the molecule is CCOC(=O)/C=C/c1ccc(NC(=O)NCCCN2CCC(C)CC2)cc1. The Balaban J connectivity index is 1.64. The summed E-state index contributed by atoms with van der Waals surface area (Å²) in [6.07, 6.45) is 6.59. The second-order valence-electron chi connectivity index (χ2n) is 6.97. The third-order valence-corrected chi connectivity index (χ3v) is 4.68. The van der Waals surface area contributed by atoms with E-state index in [-0.39, 0.29) is 12.0 Å². The van der Waals surface area contributed by atoms with Crippen molar-refractivity contribution in [2.45, 2.75) is 33.1 Å². The van der Waals surface area contributed by atoms with Crippen molar-refractivity contribution in [2.75, 3.05) is 38.1 Å². The van der Waals surface area contributed by atoms with Crippen molar-refractivity contribution in [3.8, 4) is 0 Å². The molecular formula is C21H31N3O3. The number of anilines is 1. The number of nitrogens with one attached hydrogen (secondary N) is 2. The largest absolute Gasteiger partial charge is 0.463 e. The van der Waals surface area contributed by atoms with E-state index in [4.69, 9.17) is 4.74 Å². The number of amides is 2. The van der Waals surface area contributed by atoms with Gasteiger partial charge in [-0.2, -0.15) is 0 Å². The number of esters is 1. The Morgan fingerprint density at radius 1 is 1.22 bits per heavy atom. The molecule has 1 aliphatic rings. The van der Waals surface area contributed by atoms with Crippen molar-refractivity contribution in [1.29, 1.82) is 0 Å². The molecule has 148 valence electrons. The summed E-state index contributed by atoms with van der Waals surface area (Å²) < 4.78 is 4.84. The summed E-state index contributed by atoms with van der Waals surface area (Å²) in [6, 6.07) is 7.08. The number of carbonyl (C=O) groups is 2. The molecule has 1 saturated heterocycles. The zero-order chi connectivity index (χ0) is 19.5. The molecule has 1 aromatic carbocycles. The smallest absolute Gasteiger partial charge is 0.330 e. The van der Waals surface area contributed by atoms with Crippen LogP contribution in [-0.4, -0.2) is 49.7 Å². The third-order valence-electron chi connectivity index (χ3n) is 4.68. The lowest BCUT2D eigenvalue weighted by Crippen LogP contribution is -2.36. The van der Waals surface area contributed by atoms with Gasteiger partial charge < -0.3 is 20.3 Å². The van der Waals surface area contributed by atoms with E-state index in [1.165, 1.54) is 32.0 Å². The molecule has 27 heavy (non-hydrogen) atoms. The van der Waals surface area contributed by atoms with Crippen molar-refractivity contribution in [3.05, 3.63) is 35.9 Å². The minimum atomic E-state index is -0.363.